The van der Waals surface area contributed by atoms with Crippen LogP contribution >= 0.6 is 0 Å². The van der Waals surface area contributed by atoms with E-state index >= 15 is 0 Å². The number of aromatic nitrogens is 2. The number of hydrogen-bond acceptors (Lipinski definition) is 0. The Bertz CT molecular complexity index is 688. The van der Waals surface area contributed by atoms with Crippen molar-refractivity contribution in [3.05, 3.63) is 54.1 Å². The molecule has 0 fully saturated rings. The average Bonchev–Trinajstić information content (AvgIpc) is 3.22. The summed E-state index contributed by atoms with van der Waals surface area (Å²) in [6, 6.07) is 10.9. The van der Waals surface area contributed by atoms with Gasteiger partial charge in [-0.3, -0.25) is 0 Å². The van der Waals surface area contributed by atoms with Gasteiger partial charge in [-0.25, -0.2) is 9.13 Å². The van der Waals surface area contributed by atoms with Crippen molar-refractivity contribution in [3.63, 3.8) is 0 Å². The standard InChI is InChI=1S/C31H53N2/c1-3-5-7-8-9-10-11-12-13-14-15-20-26-32-28-29-33(31(32)25-17-6-4-2)27-21-24-30-22-18-16-19-23-30/h16,18-19,22-23,28-29H,3-15,17,20-21,24-27H2,1-2H3/q+1. The summed E-state index contributed by atoms with van der Waals surface area (Å²) in [5.41, 5.74) is 1.46. The summed E-state index contributed by atoms with van der Waals surface area (Å²) in [5.74, 6) is 1.56. The molecule has 0 radical (unpaired) electrons. The van der Waals surface area contributed by atoms with Crippen molar-refractivity contribution in [2.45, 2.75) is 143 Å². The normalized spacial score (nSPS) is 11.3. The number of benzene rings is 1. The quantitative estimate of drug-likeness (QED) is 0.132. The summed E-state index contributed by atoms with van der Waals surface area (Å²) in [7, 11) is 0. The molecule has 0 spiro atoms. The van der Waals surface area contributed by atoms with Crippen LogP contribution in [0.4, 0.5) is 0 Å². The highest BCUT2D eigenvalue weighted by atomic mass is 15.1. The lowest BCUT2D eigenvalue weighted by Gasteiger charge is -2.06. The summed E-state index contributed by atoms with van der Waals surface area (Å²) in [6.07, 6.45) is 29.3. The first-order valence-electron chi connectivity index (χ1n) is 14.5. The van der Waals surface area contributed by atoms with E-state index in [9.17, 15) is 0 Å². The third kappa shape index (κ3) is 12.5. The van der Waals surface area contributed by atoms with Crippen molar-refractivity contribution >= 4 is 0 Å². The molecule has 1 aromatic heterocycles. The van der Waals surface area contributed by atoms with E-state index in [1.54, 1.807) is 5.82 Å². The van der Waals surface area contributed by atoms with E-state index in [1.165, 1.54) is 128 Å². The van der Waals surface area contributed by atoms with Crippen LogP contribution < -0.4 is 4.57 Å². The van der Waals surface area contributed by atoms with E-state index in [4.69, 9.17) is 0 Å². The maximum absolute atomic E-state index is 2.56. The summed E-state index contributed by atoms with van der Waals surface area (Å²) < 4.78 is 5.10. The molecule has 33 heavy (non-hydrogen) atoms. The lowest BCUT2D eigenvalue weighted by atomic mass is 10.1. The Kier molecular flexibility index (Phi) is 15.8. The minimum atomic E-state index is 1.14. The molecule has 1 aromatic carbocycles. The van der Waals surface area contributed by atoms with Gasteiger partial charge in [0.15, 0.2) is 0 Å². The van der Waals surface area contributed by atoms with Crippen LogP contribution in [0.25, 0.3) is 0 Å². The predicted octanol–water partition coefficient (Wildman–Crippen LogP) is 8.84. The van der Waals surface area contributed by atoms with Gasteiger partial charge in [-0.15, -0.1) is 0 Å². The number of rotatable bonds is 21. The van der Waals surface area contributed by atoms with Crippen LogP contribution in [0.2, 0.25) is 0 Å². The van der Waals surface area contributed by atoms with Gasteiger partial charge in [-0.2, -0.15) is 0 Å². The van der Waals surface area contributed by atoms with Crippen molar-refractivity contribution in [1.82, 2.24) is 4.57 Å². The van der Waals surface area contributed by atoms with Crippen molar-refractivity contribution in [1.29, 1.82) is 0 Å². The molecule has 1 heterocycles. The van der Waals surface area contributed by atoms with Gasteiger partial charge in [0.1, 0.15) is 12.4 Å². The summed E-state index contributed by atoms with van der Waals surface area (Å²) in [4.78, 5) is 0. The number of nitrogens with zero attached hydrogens (tertiary/aromatic N) is 2. The number of hydrogen-bond donors (Lipinski definition) is 0. The van der Waals surface area contributed by atoms with E-state index in [2.05, 4.69) is 65.7 Å². The third-order valence-electron chi connectivity index (χ3n) is 7.05. The fourth-order valence-corrected chi connectivity index (χ4v) is 4.95. The van der Waals surface area contributed by atoms with Crippen molar-refractivity contribution in [2.75, 3.05) is 0 Å². The first-order chi connectivity index (χ1) is 16.3. The maximum Gasteiger partial charge on any atom is 0.256 e. The molecular weight excluding hydrogens is 400 g/mol. The SMILES string of the molecule is CCCCCCCCCCCCCCn1cc[n+](CCCc2ccccc2)c1CCCCC. The molecule has 0 aliphatic heterocycles. The van der Waals surface area contributed by atoms with Gasteiger partial charge in [0, 0.05) is 6.42 Å². The molecule has 2 heteroatoms. The van der Waals surface area contributed by atoms with Gasteiger partial charge in [0.05, 0.1) is 13.1 Å². The van der Waals surface area contributed by atoms with E-state index in [1.807, 2.05) is 0 Å². The molecule has 0 saturated heterocycles. The van der Waals surface area contributed by atoms with Crippen molar-refractivity contribution < 1.29 is 4.57 Å². The van der Waals surface area contributed by atoms with E-state index in [0.717, 1.165) is 6.54 Å². The van der Waals surface area contributed by atoms with Crippen LogP contribution in [0.3, 0.4) is 0 Å². The highest BCUT2D eigenvalue weighted by Crippen LogP contribution is 2.13. The van der Waals surface area contributed by atoms with Crippen LogP contribution in [0.15, 0.2) is 42.7 Å². The molecule has 0 bridgehead atoms. The molecule has 0 aliphatic rings. The van der Waals surface area contributed by atoms with Crippen LogP contribution in [-0.2, 0) is 25.9 Å². The van der Waals surface area contributed by atoms with Crippen molar-refractivity contribution in [3.8, 4) is 0 Å². The first kappa shape index (κ1) is 27.7. The van der Waals surface area contributed by atoms with Crippen LogP contribution in [0, 0.1) is 0 Å². The summed E-state index contributed by atoms with van der Waals surface area (Å²) in [5, 5.41) is 0. The highest BCUT2D eigenvalue weighted by Gasteiger charge is 2.16. The van der Waals surface area contributed by atoms with Crippen LogP contribution in [0.1, 0.15) is 128 Å². The number of unbranched alkanes of at least 4 members (excludes halogenated alkanes) is 13. The zero-order chi connectivity index (χ0) is 23.4. The fraction of sp³-hybridized carbons (Fsp3) is 0.710. The van der Waals surface area contributed by atoms with Crippen LogP contribution in [-0.4, -0.2) is 4.57 Å². The van der Waals surface area contributed by atoms with E-state index in [-0.39, 0.29) is 0 Å². The molecule has 0 saturated carbocycles. The predicted molar refractivity (Wildman–Crippen MR) is 144 cm³/mol. The van der Waals surface area contributed by atoms with Crippen LogP contribution in [0.5, 0.6) is 0 Å². The van der Waals surface area contributed by atoms with Gasteiger partial charge < -0.3 is 0 Å². The molecule has 0 aliphatic carbocycles. The molecule has 2 nitrogen and oxygen atoms in total. The maximum atomic E-state index is 2.56. The lowest BCUT2D eigenvalue weighted by Crippen LogP contribution is -2.37. The smallest absolute Gasteiger partial charge is 0.234 e. The second-order valence-electron chi connectivity index (χ2n) is 10.0. The monoisotopic (exact) mass is 453 g/mol. The summed E-state index contributed by atoms with van der Waals surface area (Å²) in [6.45, 7) is 6.94. The number of aryl methyl sites for hydroxylation is 3. The lowest BCUT2D eigenvalue weighted by molar-refractivity contribution is -0.704. The highest BCUT2D eigenvalue weighted by molar-refractivity contribution is 5.14. The van der Waals surface area contributed by atoms with E-state index < -0.39 is 0 Å². The molecule has 0 atom stereocenters. The molecule has 2 aromatic rings. The minimum Gasteiger partial charge on any atom is -0.234 e. The third-order valence-corrected chi connectivity index (χ3v) is 7.05. The fourth-order valence-electron chi connectivity index (χ4n) is 4.95. The molecule has 0 N–H and O–H groups in total. The van der Waals surface area contributed by atoms with Gasteiger partial charge >= 0.3 is 0 Å². The number of imidazole rings is 1. The van der Waals surface area contributed by atoms with E-state index in [0.29, 0.717) is 0 Å². The molecule has 2 rings (SSSR count). The first-order valence-corrected chi connectivity index (χ1v) is 14.5. The Balaban J connectivity index is 1.64. The topological polar surface area (TPSA) is 8.81 Å². The Hall–Kier alpha value is -1.57. The Morgan fingerprint density at radius 3 is 1.82 bits per heavy atom. The van der Waals surface area contributed by atoms with Crippen molar-refractivity contribution in [2.24, 2.45) is 0 Å². The second kappa shape index (κ2) is 18.8. The van der Waals surface area contributed by atoms with Gasteiger partial charge in [0.25, 0.3) is 5.82 Å². The van der Waals surface area contributed by atoms with Gasteiger partial charge in [-0.05, 0) is 37.7 Å². The Morgan fingerprint density at radius 2 is 1.18 bits per heavy atom. The zero-order valence-corrected chi connectivity index (χ0v) is 22.1. The molecular formula is C31H53N2+. The van der Waals surface area contributed by atoms with Gasteiger partial charge in [-0.1, -0.05) is 121 Å². The average molecular weight is 454 g/mol. The minimum absolute atomic E-state index is 1.14. The summed E-state index contributed by atoms with van der Waals surface area (Å²) >= 11 is 0. The molecule has 186 valence electrons. The molecule has 0 unspecified atom stereocenters. The Labute approximate surface area is 205 Å². The zero-order valence-electron chi connectivity index (χ0n) is 22.1. The van der Waals surface area contributed by atoms with Gasteiger partial charge in [0.2, 0.25) is 0 Å². The second-order valence-corrected chi connectivity index (χ2v) is 10.0. The Morgan fingerprint density at radius 1 is 0.606 bits per heavy atom. The molecule has 0 amide bonds. The largest absolute Gasteiger partial charge is 0.256 e.